The maximum Gasteiger partial charge on any atom is 0.248 e. The third-order valence-electron chi connectivity index (χ3n) is 9.13. The molecule has 1 aliphatic heterocycles. The summed E-state index contributed by atoms with van der Waals surface area (Å²) in [6.45, 7) is 5.23. The maximum absolute atomic E-state index is 14.3. The molecule has 1 saturated heterocycles. The monoisotopic (exact) mass is 720 g/mol. The number of carbonyl (C=O) groups excluding carboxylic acids is 3. The molecular weight excluding hydrogens is 688 g/mol. The number of benzene rings is 1. The Labute approximate surface area is 290 Å². The van der Waals surface area contributed by atoms with Crippen LogP contribution in [0, 0.1) is 32.1 Å². The van der Waals surface area contributed by atoms with Gasteiger partial charge < -0.3 is 10.2 Å². The van der Waals surface area contributed by atoms with Crippen molar-refractivity contribution in [3.05, 3.63) is 76.3 Å². The largest absolute Gasteiger partial charge is 0.315 e. The molecule has 1 aliphatic carbocycles. The molecule has 1 aromatic carbocycles. The Morgan fingerprint density at radius 1 is 1.08 bits per heavy atom. The Kier molecular flexibility index (Phi) is 8.54. The fraction of sp³-hybridized carbons (Fsp3) is 0.343. The summed E-state index contributed by atoms with van der Waals surface area (Å²) in [5, 5.41) is 16.7. The first-order chi connectivity index (χ1) is 23.6. The van der Waals surface area contributed by atoms with Crippen molar-refractivity contribution in [2.75, 3.05) is 5.32 Å². The molecule has 5 heterocycles. The van der Waals surface area contributed by atoms with Crippen molar-refractivity contribution in [2.24, 2.45) is 5.92 Å². The highest BCUT2D eigenvalue weighted by Crippen LogP contribution is 2.39. The first kappa shape index (κ1) is 32.3. The zero-order chi connectivity index (χ0) is 34.4. The van der Waals surface area contributed by atoms with E-state index in [1.807, 2.05) is 44.3 Å². The molecule has 4 aromatic heterocycles. The van der Waals surface area contributed by atoms with Crippen LogP contribution in [0.3, 0.4) is 0 Å². The van der Waals surface area contributed by atoms with Crippen LogP contribution in [-0.2, 0) is 22.7 Å². The number of amides is 2. The van der Waals surface area contributed by atoms with Crippen molar-refractivity contribution in [1.82, 2.24) is 44.6 Å². The minimum absolute atomic E-state index is 0.230. The van der Waals surface area contributed by atoms with Gasteiger partial charge in [-0.3, -0.25) is 23.7 Å². The SMILES string of the molecule is C#C[C@@H]1[C@@H](Cn2cc(C3CC3)nn2)C[C@@H](C(=O)Nc2nc(Br)ccc2C)N1C(=O)Cn1nc(C(C)=O)c2cc(-c3cnc(C)nc3)ccc21. The molecule has 0 bridgehead atoms. The lowest BCUT2D eigenvalue weighted by molar-refractivity contribution is -0.138. The Morgan fingerprint density at radius 2 is 1.86 bits per heavy atom. The Bertz CT molecular complexity index is 2150. The molecule has 1 N–H and O–H groups in total. The van der Waals surface area contributed by atoms with E-state index in [0.717, 1.165) is 35.2 Å². The van der Waals surface area contributed by atoms with Crippen molar-refractivity contribution < 1.29 is 14.4 Å². The van der Waals surface area contributed by atoms with Crippen molar-refractivity contribution in [2.45, 2.75) is 71.1 Å². The van der Waals surface area contributed by atoms with Gasteiger partial charge in [0.2, 0.25) is 11.8 Å². The van der Waals surface area contributed by atoms with Crippen LogP contribution in [0.4, 0.5) is 5.82 Å². The topological polar surface area (TPSA) is 154 Å². The number of nitrogens with zero attached hydrogens (tertiary/aromatic N) is 9. The highest BCUT2D eigenvalue weighted by Gasteiger charge is 2.47. The molecule has 3 atom stereocenters. The minimum atomic E-state index is -0.896. The number of halogens is 1. The van der Waals surface area contributed by atoms with E-state index in [9.17, 15) is 14.4 Å². The van der Waals surface area contributed by atoms with Crippen molar-refractivity contribution in [3.8, 4) is 23.5 Å². The van der Waals surface area contributed by atoms with Crippen LogP contribution in [0.5, 0.6) is 0 Å². The highest BCUT2D eigenvalue weighted by molar-refractivity contribution is 9.10. The van der Waals surface area contributed by atoms with Crippen LogP contribution >= 0.6 is 15.9 Å². The zero-order valence-electron chi connectivity index (χ0n) is 27.2. The van der Waals surface area contributed by atoms with E-state index in [1.54, 1.807) is 23.1 Å². The van der Waals surface area contributed by atoms with Crippen molar-refractivity contribution in [3.63, 3.8) is 0 Å². The number of hydrogen-bond donors (Lipinski definition) is 1. The summed E-state index contributed by atoms with van der Waals surface area (Å²) in [5.41, 5.74) is 4.12. The predicted molar refractivity (Wildman–Crippen MR) is 184 cm³/mol. The summed E-state index contributed by atoms with van der Waals surface area (Å²) in [4.78, 5) is 55.5. The molecule has 1 saturated carbocycles. The quantitative estimate of drug-likeness (QED) is 0.132. The summed E-state index contributed by atoms with van der Waals surface area (Å²) < 4.78 is 3.82. The summed E-state index contributed by atoms with van der Waals surface area (Å²) in [7, 11) is 0. The van der Waals surface area contributed by atoms with E-state index in [-0.39, 0.29) is 23.9 Å². The molecule has 14 heteroatoms. The molecule has 0 unspecified atom stereocenters. The smallest absolute Gasteiger partial charge is 0.248 e. The third-order valence-corrected chi connectivity index (χ3v) is 9.57. The number of nitrogens with one attached hydrogen (secondary N) is 1. The Balaban J connectivity index is 1.21. The number of carbonyl (C=O) groups is 3. The lowest BCUT2D eigenvalue weighted by Crippen LogP contribution is -2.48. The number of Topliss-reactive ketones (excluding diaryl/α,β-unsaturated/α-hetero) is 1. The number of likely N-dealkylation sites (tertiary alicyclic amines) is 1. The molecule has 0 spiro atoms. The van der Waals surface area contributed by atoms with E-state index in [4.69, 9.17) is 6.42 Å². The van der Waals surface area contributed by atoms with E-state index in [0.29, 0.717) is 46.0 Å². The van der Waals surface area contributed by atoms with E-state index < -0.39 is 23.9 Å². The molecule has 7 rings (SSSR count). The first-order valence-electron chi connectivity index (χ1n) is 16.0. The van der Waals surface area contributed by atoms with Crippen LogP contribution in [0.25, 0.3) is 22.0 Å². The summed E-state index contributed by atoms with van der Waals surface area (Å²) in [5.74, 6) is 2.93. The predicted octanol–water partition coefficient (Wildman–Crippen LogP) is 4.50. The number of terminal acetylenes is 1. The van der Waals surface area contributed by atoms with Crippen LogP contribution in [0.1, 0.15) is 59.7 Å². The van der Waals surface area contributed by atoms with Gasteiger partial charge in [-0.2, -0.15) is 5.10 Å². The number of aryl methyl sites for hydroxylation is 2. The average molecular weight is 722 g/mol. The van der Waals surface area contributed by atoms with Crippen LogP contribution in [0.15, 0.2) is 53.5 Å². The van der Waals surface area contributed by atoms with Gasteiger partial charge in [0.05, 0.1) is 17.3 Å². The first-order valence-corrected chi connectivity index (χ1v) is 16.8. The van der Waals surface area contributed by atoms with Gasteiger partial charge in [0.1, 0.15) is 34.5 Å². The van der Waals surface area contributed by atoms with Crippen LogP contribution in [0.2, 0.25) is 0 Å². The van der Waals surface area contributed by atoms with Gasteiger partial charge >= 0.3 is 0 Å². The second-order valence-electron chi connectivity index (χ2n) is 12.7. The van der Waals surface area contributed by atoms with E-state index >= 15 is 0 Å². The summed E-state index contributed by atoms with van der Waals surface area (Å²) >= 11 is 3.37. The molecular formula is C35H33BrN10O3. The van der Waals surface area contributed by atoms with Crippen LogP contribution in [-0.4, -0.2) is 74.3 Å². The fourth-order valence-electron chi connectivity index (χ4n) is 6.43. The molecule has 2 aliphatic rings. The molecule has 13 nitrogen and oxygen atoms in total. The minimum Gasteiger partial charge on any atom is -0.315 e. The van der Waals surface area contributed by atoms with E-state index in [1.165, 1.54) is 16.5 Å². The number of fused-ring (bicyclic) bond motifs is 1. The van der Waals surface area contributed by atoms with Gasteiger partial charge in [-0.25, -0.2) is 15.0 Å². The third kappa shape index (κ3) is 6.46. The number of rotatable bonds is 9. The molecule has 2 fully saturated rings. The highest BCUT2D eigenvalue weighted by atomic mass is 79.9. The maximum atomic E-state index is 14.3. The lowest BCUT2D eigenvalue weighted by Gasteiger charge is -2.28. The lowest BCUT2D eigenvalue weighted by atomic mass is 9.99. The second-order valence-corrected chi connectivity index (χ2v) is 13.5. The standard InChI is InChI=1S/C35H33BrN10O3/c1-5-28-24(16-44-17-27(41-43-44)22-7-8-22)13-30(35(49)40-34-19(2)6-11-31(36)39-34)46(28)32(48)18-45-29-10-9-23(25-14-37-21(4)38-15-25)12-26(29)33(42-45)20(3)47/h1,6,9-12,14-15,17,22,24,28,30H,7-8,13,16,18H2,2-4H3,(H,39,40,49)/t24-,28-,30+/m1/s1. The fourth-order valence-corrected chi connectivity index (χ4v) is 6.74. The number of hydrogen-bond acceptors (Lipinski definition) is 9. The zero-order valence-corrected chi connectivity index (χ0v) is 28.8. The van der Waals surface area contributed by atoms with Gasteiger partial charge in [0.25, 0.3) is 0 Å². The average Bonchev–Trinajstić information content (AvgIpc) is 3.55. The molecule has 49 heavy (non-hydrogen) atoms. The molecule has 0 radical (unpaired) electrons. The van der Waals surface area contributed by atoms with Gasteiger partial charge in [-0.15, -0.1) is 11.5 Å². The Hall–Kier alpha value is -5.29. The summed E-state index contributed by atoms with van der Waals surface area (Å²) in [6, 6.07) is 7.56. The summed E-state index contributed by atoms with van der Waals surface area (Å²) in [6.07, 6.45) is 14.0. The number of pyridine rings is 1. The number of ketones is 1. The van der Waals surface area contributed by atoms with Crippen molar-refractivity contribution in [1.29, 1.82) is 0 Å². The van der Waals surface area contributed by atoms with Crippen molar-refractivity contribution >= 4 is 50.2 Å². The number of anilines is 1. The molecule has 2 amide bonds. The van der Waals surface area contributed by atoms with E-state index in [2.05, 4.69) is 57.5 Å². The normalized spacial score (nSPS) is 18.8. The van der Waals surface area contributed by atoms with Gasteiger partial charge in [-0.05, 0) is 78.4 Å². The number of aromatic nitrogens is 8. The molecule has 248 valence electrons. The van der Waals surface area contributed by atoms with Crippen LogP contribution < -0.4 is 5.32 Å². The van der Waals surface area contributed by atoms with Gasteiger partial charge in [0, 0.05) is 54.8 Å². The van der Waals surface area contributed by atoms with Gasteiger partial charge in [0.15, 0.2) is 5.78 Å². The second kappa shape index (κ2) is 13.0. The van der Waals surface area contributed by atoms with Gasteiger partial charge in [-0.1, -0.05) is 23.3 Å². The Morgan fingerprint density at radius 3 is 2.57 bits per heavy atom. The molecule has 5 aromatic rings.